The summed E-state index contributed by atoms with van der Waals surface area (Å²) >= 11 is 5.96. The maximum atomic E-state index is 10.8. The highest BCUT2D eigenvalue weighted by Gasteiger charge is 2.04. The molecule has 1 aromatic carbocycles. The van der Waals surface area contributed by atoms with Crippen molar-refractivity contribution in [1.82, 2.24) is 5.32 Å². The highest BCUT2D eigenvalue weighted by Crippen LogP contribution is 2.22. The van der Waals surface area contributed by atoms with E-state index in [4.69, 9.17) is 16.3 Å². The van der Waals surface area contributed by atoms with Gasteiger partial charge in [-0.05, 0) is 17.7 Å². The van der Waals surface area contributed by atoms with Crippen LogP contribution in [0.25, 0.3) is 0 Å². The fraction of sp³-hybridized carbons (Fsp3) is 0.300. The number of nitrogens with one attached hydrogen (secondary N) is 1. The molecule has 1 amide bonds. The number of alkyl carbamates (subject to hydrolysis) is 1. The zero-order valence-corrected chi connectivity index (χ0v) is 9.30. The molecule has 15 heavy (non-hydrogen) atoms. The van der Waals surface area contributed by atoms with Crippen LogP contribution in [0, 0.1) is 0 Å². The fourth-order valence-electron chi connectivity index (χ4n) is 1.04. The van der Waals surface area contributed by atoms with Gasteiger partial charge in [-0.3, -0.25) is 0 Å². The minimum atomic E-state index is -0.484. The van der Waals surface area contributed by atoms with E-state index in [2.05, 4.69) is 10.1 Å². The van der Waals surface area contributed by atoms with Gasteiger partial charge in [0.2, 0.25) is 0 Å². The predicted molar refractivity (Wildman–Crippen MR) is 57.2 cm³/mol. The molecule has 0 radical (unpaired) electrons. The summed E-state index contributed by atoms with van der Waals surface area (Å²) in [4.78, 5) is 10.8. The van der Waals surface area contributed by atoms with E-state index >= 15 is 0 Å². The lowest BCUT2D eigenvalue weighted by molar-refractivity contribution is 0.170. The lowest BCUT2D eigenvalue weighted by Crippen LogP contribution is -2.22. The Morgan fingerprint density at radius 1 is 1.47 bits per heavy atom. The largest absolute Gasteiger partial charge is 0.497 e. The molecule has 0 aromatic heterocycles. The van der Waals surface area contributed by atoms with E-state index in [9.17, 15) is 4.79 Å². The first-order valence-corrected chi connectivity index (χ1v) is 4.69. The van der Waals surface area contributed by atoms with Crippen molar-refractivity contribution in [3.05, 3.63) is 28.8 Å². The van der Waals surface area contributed by atoms with Crippen LogP contribution in [0.3, 0.4) is 0 Å². The molecular weight excluding hydrogens is 218 g/mol. The smallest absolute Gasteiger partial charge is 0.407 e. The number of hydrogen-bond donors (Lipinski definition) is 1. The molecule has 0 aliphatic heterocycles. The van der Waals surface area contributed by atoms with Gasteiger partial charge in [-0.25, -0.2) is 4.79 Å². The average Bonchev–Trinajstić information content (AvgIpc) is 2.26. The summed E-state index contributed by atoms with van der Waals surface area (Å²) in [5.74, 6) is 0.682. The van der Waals surface area contributed by atoms with Crippen LogP contribution in [0.5, 0.6) is 5.75 Å². The third-order valence-corrected chi connectivity index (χ3v) is 2.22. The van der Waals surface area contributed by atoms with Gasteiger partial charge >= 0.3 is 6.09 Å². The number of ether oxygens (including phenoxy) is 2. The number of benzene rings is 1. The molecule has 0 aliphatic rings. The normalized spacial score (nSPS) is 9.53. The molecule has 4 nitrogen and oxygen atoms in total. The minimum Gasteiger partial charge on any atom is -0.497 e. The van der Waals surface area contributed by atoms with Gasteiger partial charge in [-0.15, -0.1) is 0 Å². The van der Waals surface area contributed by atoms with Crippen LogP contribution in [0.2, 0.25) is 5.02 Å². The maximum Gasteiger partial charge on any atom is 0.407 e. The number of halogens is 1. The van der Waals surface area contributed by atoms with Crippen LogP contribution >= 0.6 is 11.6 Å². The molecule has 0 bridgehead atoms. The molecule has 0 saturated heterocycles. The first-order chi connectivity index (χ1) is 7.17. The summed E-state index contributed by atoms with van der Waals surface area (Å²) in [6.45, 7) is 0.329. The zero-order valence-electron chi connectivity index (χ0n) is 8.54. The number of rotatable bonds is 3. The predicted octanol–water partition coefficient (Wildman–Crippen LogP) is 2.20. The molecule has 1 rings (SSSR count). The average molecular weight is 230 g/mol. The summed E-state index contributed by atoms with van der Waals surface area (Å²) in [5, 5.41) is 3.09. The SMILES string of the molecule is COC(=O)NCc1ccc(OC)cc1Cl. The highest BCUT2D eigenvalue weighted by molar-refractivity contribution is 6.31. The molecule has 5 heteroatoms. The highest BCUT2D eigenvalue weighted by atomic mass is 35.5. The van der Waals surface area contributed by atoms with E-state index in [0.29, 0.717) is 17.3 Å². The second-order valence-corrected chi connectivity index (χ2v) is 3.21. The van der Waals surface area contributed by atoms with Crippen molar-refractivity contribution >= 4 is 17.7 Å². The lowest BCUT2D eigenvalue weighted by Gasteiger charge is -2.07. The molecule has 0 atom stereocenters. The monoisotopic (exact) mass is 229 g/mol. The van der Waals surface area contributed by atoms with Crippen LogP contribution in [0.15, 0.2) is 18.2 Å². The third kappa shape index (κ3) is 3.32. The van der Waals surface area contributed by atoms with Crippen molar-refractivity contribution in [2.24, 2.45) is 0 Å². The number of methoxy groups -OCH3 is 2. The lowest BCUT2D eigenvalue weighted by atomic mass is 10.2. The number of hydrogen-bond acceptors (Lipinski definition) is 3. The van der Waals surface area contributed by atoms with Gasteiger partial charge in [0.05, 0.1) is 14.2 Å². The third-order valence-electron chi connectivity index (χ3n) is 1.87. The standard InChI is InChI=1S/C10H12ClNO3/c1-14-8-4-3-7(9(11)5-8)6-12-10(13)15-2/h3-5H,6H2,1-2H3,(H,12,13). The van der Waals surface area contributed by atoms with Crippen LogP contribution in [-0.2, 0) is 11.3 Å². The Morgan fingerprint density at radius 2 is 2.20 bits per heavy atom. The van der Waals surface area contributed by atoms with E-state index in [1.54, 1.807) is 25.3 Å². The maximum absolute atomic E-state index is 10.8. The van der Waals surface area contributed by atoms with Gasteiger partial charge < -0.3 is 14.8 Å². The summed E-state index contributed by atoms with van der Waals surface area (Å²) < 4.78 is 9.44. The molecule has 0 spiro atoms. The Bertz CT molecular complexity index is 355. The van der Waals surface area contributed by atoms with Gasteiger partial charge in [-0.2, -0.15) is 0 Å². The topological polar surface area (TPSA) is 47.6 Å². The van der Waals surface area contributed by atoms with Gasteiger partial charge in [0.25, 0.3) is 0 Å². The molecule has 0 aliphatic carbocycles. The van der Waals surface area contributed by atoms with Gasteiger partial charge in [0.1, 0.15) is 5.75 Å². The molecule has 0 fully saturated rings. The van der Waals surface area contributed by atoms with E-state index < -0.39 is 6.09 Å². The Labute approximate surface area is 93.1 Å². The number of amides is 1. The Balaban J connectivity index is 2.66. The van der Waals surface area contributed by atoms with Crippen molar-refractivity contribution in [1.29, 1.82) is 0 Å². The van der Waals surface area contributed by atoms with Crippen molar-refractivity contribution in [3.8, 4) is 5.75 Å². The molecule has 0 saturated carbocycles. The van der Waals surface area contributed by atoms with Crippen molar-refractivity contribution < 1.29 is 14.3 Å². The first kappa shape index (κ1) is 11.7. The number of carbonyl (C=O) groups is 1. The second-order valence-electron chi connectivity index (χ2n) is 2.80. The van der Waals surface area contributed by atoms with E-state index in [1.807, 2.05) is 0 Å². The van der Waals surface area contributed by atoms with E-state index in [0.717, 1.165) is 5.56 Å². The quantitative estimate of drug-likeness (QED) is 0.865. The van der Waals surface area contributed by atoms with Gasteiger partial charge in [0.15, 0.2) is 0 Å². The summed E-state index contributed by atoms with van der Waals surface area (Å²) in [6, 6.07) is 5.26. The van der Waals surface area contributed by atoms with Crippen molar-refractivity contribution in [2.75, 3.05) is 14.2 Å². The van der Waals surface area contributed by atoms with E-state index in [-0.39, 0.29) is 0 Å². The molecule has 0 unspecified atom stereocenters. The first-order valence-electron chi connectivity index (χ1n) is 4.31. The van der Waals surface area contributed by atoms with Crippen molar-refractivity contribution in [3.63, 3.8) is 0 Å². The molecule has 0 heterocycles. The summed E-state index contributed by atoms with van der Waals surface area (Å²) in [5.41, 5.74) is 0.808. The van der Waals surface area contributed by atoms with Gasteiger partial charge in [0, 0.05) is 11.6 Å². The molecule has 1 aromatic rings. The van der Waals surface area contributed by atoms with Gasteiger partial charge in [-0.1, -0.05) is 17.7 Å². The fourth-order valence-corrected chi connectivity index (χ4v) is 1.28. The Hall–Kier alpha value is -1.42. The van der Waals surface area contributed by atoms with Crippen LogP contribution in [0.1, 0.15) is 5.56 Å². The Kier molecular flexibility index (Phi) is 4.24. The zero-order chi connectivity index (χ0) is 11.3. The second kappa shape index (κ2) is 5.46. The van der Waals surface area contributed by atoms with Crippen LogP contribution in [0.4, 0.5) is 4.79 Å². The molecular formula is C10H12ClNO3. The number of carbonyl (C=O) groups excluding carboxylic acids is 1. The molecule has 1 N–H and O–H groups in total. The summed E-state index contributed by atoms with van der Waals surface area (Å²) in [6.07, 6.45) is -0.484. The van der Waals surface area contributed by atoms with Crippen LogP contribution < -0.4 is 10.1 Å². The minimum absolute atomic E-state index is 0.329. The Morgan fingerprint density at radius 3 is 2.73 bits per heavy atom. The van der Waals surface area contributed by atoms with Crippen molar-refractivity contribution in [2.45, 2.75) is 6.54 Å². The van der Waals surface area contributed by atoms with Crippen LogP contribution in [-0.4, -0.2) is 20.3 Å². The van der Waals surface area contributed by atoms with E-state index in [1.165, 1.54) is 7.11 Å². The summed E-state index contributed by atoms with van der Waals surface area (Å²) in [7, 11) is 2.88. The molecule has 82 valence electrons.